The molecule has 0 bridgehead atoms. The van der Waals surface area contributed by atoms with Crippen molar-refractivity contribution in [1.82, 2.24) is 4.90 Å². The summed E-state index contributed by atoms with van der Waals surface area (Å²) in [7, 11) is 0. The lowest BCUT2D eigenvalue weighted by molar-refractivity contribution is -0.130. The number of rotatable bonds is 4. The zero-order chi connectivity index (χ0) is 9.68. The zero-order valence-corrected chi connectivity index (χ0v) is 8.46. The quantitative estimate of drug-likeness (QED) is 0.549. The Morgan fingerprint density at radius 1 is 1.54 bits per heavy atom. The largest absolute Gasteiger partial charge is 0.391 e. The third kappa shape index (κ3) is 3.53. The van der Waals surface area contributed by atoms with E-state index in [0.29, 0.717) is 25.4 Å². The molecule has 0 aromatic heterocycles. The number of hydrogen-bond acceptors (Lipinski definition) is 2. The minimum Gasteiger partial charge on any atom is -0.391 e. The van der Waals surface area contributed by atoms with Crippen LogP contribution in [0.3, 0.4) is 0 Å². The Morgan fingerprint density at radius 2 is 2.31 bits per heavy atom. The third-order valence-corrected chi connectivity index (χ3v) is 2.56. The molecule has 4 heteroatoms. The Balaban J connectivity index is 2.16. The van der Waals surface area contributed by atoms with Crippen LogP contribution in [0.25, 0.3) is 0 Å². The van der Waals surface area contributed by atoms with E-state index in [1.807, 2.05) is 0 Å². The second-order valence-electron chi connectivity index (χ2n) is 3.43. The molecular weight excluding hydrogens is 190 g/mol. The van der Waals surface area contributed by atoms with Crippen LogP contribution in [0.4, 0.5) is 0 Å². The van der Waals surface area contributed by atoms with Gasteiger partial charge in [-0.05, 0) is 19.3 Å². The second-order valence-corrected chi connectivity index (χ2v) is 3.81. The summed E-state index contributed by atoms with van der Waals surface area (Å²) < 4.78 is 0. The monoisotopic (exact) mass is 205 g/mol. The summed E-state index contributed by atoms with van der Waals surface area (Å²) in [5, 5.41) is 9.21. The van der Waals surface area contributed by atoms with Crippen molar-refractivity contribution in [3.63, 3.8) is 0 Å². The fourth-order valence-corrected chi connectivity index (χ4v) is 1.69. The van der Waals surface area contributed by atoms with Crippen LogP contribution in [-0.2, 0) is 4.79 Å². The highest BCUT2D eigenvalue weighted by atomic mass is 35.5. The van der Waals surface area contributed by atoms with Gasteiger partial charge < -0.3 is 10.0 Å². The number of hydrogen-bond donors (Lipinski definition) is 1. The molecule has 0 aliphatic carbocycles. The van der Waals surface area contributed by atoms with Crippen molar-refractivity contribution in [3.8, 4) is 0 Å². The predicted octanol–water partition coefficient (Wildman–Crippen LogP) is 0.989. The molecule has 1 saturated heterocycles. The van der Waals surface area contributed by atoms with E-state index in [-0.39, 0.29) is 12.0 Å². The van der Waals surface area contributed by atoms with E-state index in [4.69, 9.17) is 11.6 Å². The molecule has 0 radical (unpaired) electrons. The van der Waals surface area contributed by atoms with Crippen LogP contribution in [0, 0.1) is 0 Å². The molecule has 0 aromatic rings. The Labute approximate surface area is 83.7 Å². The highest BCUT2D eigenvalue weighted by Gasteiger charge is 2.23. The lowest BCUT2D eigenvalue weighted by Crippen LogP contribution is -2.29. The summed E-state index contributed by atoms with van der Waals surface area (Å²) in [4.78, 5) is 13.2. The normalized spacial score (nSPS) is 22.3. The van der Waals surface area contributed by atoms with Crippen LogP contribution in [0.5, 0.6) is 0 Å². The van der Waals surface area contributed by atoms with Crippen LogP contribution >= 0.6 is 11.6 Å². The highest BCUT2D eigenvalue weighted by molar-refractivity contribution is 6.17. The van der Waals surface area contributed by atoms with Gasteiger partial charge in [0, 0.05) is 25.4 Å². The number of aliphatic hydroxyl groups is 1. The summed E-state index contributed by atoms with van der Waals surface area (Å²) in [6.07, 6.45) is 2.73. The van der Waals surface area contributed by atoms with Crippen molar-refractivity contribution in [1.29, 1.82) is 0 Å². The minimum absolute atomic E-state index is 0.154. The first-order valence-electron chi connectivity index (χ1n) is 4.76. The number of likely N-dealkylation sites (tertiary alicyclic amines) is 1. The molecule has 1 amide bonds. The number of unbranched alkanes of at least 4 members (excludes halogenated alkanes) is 1. The summed E-state index contributed by atoms with van der Waals surface area (Å²) in [5.74, 6) is 0.775. The minimum atomic E-state index is -0.308. The molecule has 1 rings (SSSR count). The van der Waals surface area contributed by atoms with Crippen LogP contribution in [0.15, 0.2) is 0 Å². The molecule has 3 nitrogen and oxygen atoms in total. The number of aliphatic hydroxyl groups excluding tert-OH is 1. The van der Waals surface area contributed by atoms with Gasteiger partial charge in [-0.15, -0.1) is 11.6 Å². The molecule has 1 atom stereocenters. The maximum atomic E-state index is 11.4. The van der Waals surface area contributed by atoms with Crippen molar-refractivity contribution in [2.24, 2.45) is 0 Å². The molecule has 0 unspecified atom stereocenters. The number of carbonyl (C=O) groups is 1. The topological polar surface area (TPSA) is 40.5 Å². The summed E-state index contributed by atoms with van der Waals surface area (Å²) in [6, 6.07) is 0. The van der Waals surface area contributed by atoms with E-state index < -0.39 is 0 Å². The van der Waals surface area contributed by atoms with E-state index in [9.17, 15) is 9.90 Å². The van der Waals surface area contributed by atoms with Crippen LogP contribution in [-0.4, -0.2) is 41.0 Å². The first kappa shape index (κ1) is 10.8. The summed E-state index contributed by atoms with van der Waals surface area (Å²) >= 11 is 5.50. The Hall–Kier alpha value is -0.280. The number of nitrogens with zero attached hydrogens (tertiary/aromatic N) is 1. The number of amides is 1. The third-order valence-electron chi connectivity index (χ3n) is 2.29. The van der Waals surface area contributed by atoms with Gasteiger partial charge in [-0.3, -0.25) is 4.79 Å². The van der Waals surface area contributed by atoms with E-state index >= 15 is 0 Å². The van der Waals surface area contributed by atoms with Gasteiger partial charge in [0.25, 0.3) is 0 Å². The molecule has 76 valence electrons. The molecule has 0 saturated carbocycles. The standard InChI is InChI=1S/C9H16ClNO2/c10-5-2-1-3-9(13)11-6-4-8(12)7-11/h8,12H,1-7H2/t8-/m1/s1. The van der Waals surface area contributed by atoms with Gasteiger partial charge in [0.15, 0.2) is 0 Å². The molecule has 0 aromatic carbocycles. The van der Waals surface area contributed by atoms with Gasteiger partial charge in [-0.1, -0.05) is 0 Å². The van der Waals surface area contributed by atoms with Gasteiger partial charge in [0.2, 0.25) is 5.91 Å². The molecule has 0 spiro atoms. The molecular formula is C9H16ClNO2. The maximum Gasteiger partial charge on any atom is 0.222 e. The van der Waals surface area contributed by atoms with E-state index in [0.717, 1.165) is 19.3 Å². The van der Waals surface area contributed by atoms with Crippen molar-refractivity contribution in [3.05, 3.63) is 0 Å². The Kier molecular flexibility index (Phi) is 4.53. The smallest absolute Gasteiger partial charge is 0.222 e. The number of alkyl halides is 1. The fourth-order valence-electron chi connectivity index (χ4n) is 1.50. The van der Waals surface area contributed by atoms with Gasteiger partial charge in [-0.2, -0.15) is 0 Å². The molecule has 13 heavy (non-hydrogen) atoms. The van der Waals surface area contributed by atoms with Crippen LogP contribution in [0.2, 0.25) is 0 Å². The molecule has 1 N–H and O–H groups in total. The maximum absolute atomic E-state index is 11.4. The lowest BCUT2D eigenvalue weighted by Gasteiger charge is -2.14. The van der Waals surface area contributed by atoms with Gasteiger partial charge in [-0.25, -0.2) is 0 Å². The molecule has 1 heterocycles. The molecule has 1 fully saturated rings. The van der Waals surface area contributed by atoms with Crippen molar-refractivity contribution < 1.29 is 9.90 Å². The molecule has 1 aliphatic rings. The van der Waals surface area contributed by atoms with E-state index in [2.05, 4.69) is 0 Å². The Morgan fingerprint density at radius 3 is 2.85 bits per heavy atom. The van der Waals surface area contributed by atoms with E-state index in [1.54, 1.807) is 4.90 Å². The first-order valence-corrected chi connectivity index (χ1v) is 5.29. The van der Waals surface area contributed by atoms with E-state index in [1.165, 1.54) is 0 Å². The number of β-amino-alcohol motifs (C(OH)–C–C–N with tert-alkyl or cyclic N) is 1. The SMILES string of the molecule is O=C(CCCCCl)N1CC[C@@H](O)C1. The lowest BCUT2D eigenvalue weighted by atomic mass is 10.2. The number of carbonyl (C=O) groups excluding carboxylic acids is 1. The fraction of sp³-hybridized carbons (Fsp3) is 0.889. The average Bonchev–Trinajstić information content (AvgIpc) is 2.52. The molecule has 1 aliphatic heterocycles. The van der Waals surface area contributed by atoms with Crippen molar-refractivity contribution >= 4 is 17.5 Å². The zero-order valence-electron chi connectivity index (χ0n) is 7.71. The number of halogens is 1. The average molecular weight is 206 g/mol. The Bertz CT molecular complexity index is 175. The highest BCUT2D eigenvalue weighted by Crippen LogP contribution is 2.11. The first-order chi connectivity index (χ1) is 6.24. The van der Waals surface area contributed by atoms with Crippen LogP contribution in [0.1, 0.15) is 25.7 Å². The summed E-state index contributed by atoms with van der Waals surface area (Å²) in [5.41, 5.74) is 0. The van der Waals surface area contributed by atoms with Gasteiger partial charge in [0.1, 0.15) is 0 Å². The van der Waals surface area contributed by atoms with Gasteiger partial charge >= 0.3 is 0 Å². The predicted molar refractivity (Wildman–Crippen MR) is 51.8 cm³/mol. The van der Waals surface area contributed by atoms with Crippen molar-refractivity contribution in [2.45, 2.75) is 31.8 Å². The summed E-state index contributed by atoms with van der Waals surface area (Å²) in [6.45, 7) is 1.22. The van der Waals surface area contributed by atoms with Crippen LogP contribution < -0.4 is 0 Å². The van der Waals surface area contributed by atoms with Gasteiger partial charge in [0.05, 0.1) is 6.10 Å². The van der Waals surface area contributed by atoms with Crippen molar-refractivity contribution in [2.75, 3.05) is 19.0 Å². The second kappa shape index (κ2) is 5.45.